The Morgan fingerprint density at radius 3 is 2.40 bits per heavy atom. The number of amides is 1. The van der Waals surface area contributed by atoms with Crippen molar-refractivity contribution in [2.75, 3.05) is 0 Å². The maximum absolute atomic E-state index is 13.2. The van der Waals surface area contributed by atoms with Crippen molar-refractivity contribution in [2.24, 2.45) is 0 Å². The first-order valence-corrected chi connectivity index (χ1v) is 13.1. The summed E-state index contributed by atoms with van der Waals surface area (Å²) in [5, 5.41) is 21.5. The van der Waals surface area contributed by atoms with Crippen LogP contribution in [0, 0.1) is 0 Å². The second-order valence-corrected chi connectivity index (χ2v) is 10.9. The van der Waals surface area contributed by atoms with Crippen LogP contribution < -0.4 is 19.2 Å². The molecule has 0 aromatic heterocycles. The monoisotopic (exact) mass is 526 g/mol. The number of para-hydroxylation sites is 1. The first kappa shape index (κ1) is 26.9. The summed E-state index contributed by atoms with van der Waals surface area (Å²) in [6, 6.07) is 8.46. The minimum absolute atomic E-state index is 0.00150. The standard InChI is InChI=1S/C20H24BN2O10PS/c1-11(2)35(30,31)23-17(12-6-8-14(9-7-12)33-34(28)29)19(24)22-16-10-13-4-3-5-15(20(25)26)18(13)32-21(16)27/h3-9,11,16-17,23,27-29H,10H2,1-2H3,(H,22,24)(H,25,26)/t16-,17?/m0/s1. The predicted octanol–water partition coefficient (Wildman–Crippen LogP) is 0.484. The first-order chi connectivity index (χ1) is 16.4. The van der Waals surface area contributed by atoms with Crippen molar-refractivity contribution in [1.29, 1.82) is 0 Å². The molecule has 1 amide bonds. The highest BCUT2D eigenvalue weighted by molar-refractivity contribution is 7.90. The van der Waals surface area contributed by atoms with Gasteiger partial charge in [-0.2, -0.15) is 4.72 Å². The van der Waals surface area contributed by atoms with E-state index in [0.29, 0.717) is 5.56 Å². The molecule has 1 aliphatic rings. The number of hydrogen-bond acceptors (Lipinski definition) is 9. The lowest BCUT2D eigenvalue weighted by Gasteiger charge is -2.30. The molecule has 1 heterocycles. The summed E-state index contributed by atoms with van der Waals surface area (Å²) >= 11 is 0. The molecular weight excluding hydrogens is 502 g/mol. The highest BCUT2D eigenvalue weighted by Crippen LogP contribution is 2.31. The summed E-state index contributed by atoms with van der Waals surface area (Å²) in [7, 11) is -8.16. The Hall–Kier alpha value is -2.74. The van der Waals surface area contributed by atoms with Gasteiger partial charge in [0.2, 0.25) is 15.9 Å². The number of hydrogen-bond donors (Lipinski definition) is 6. The van der Waals surface area contributed by atoms with Crippen LogP contribution in [0.2, 0.25) is 0 Å². The van der Waals surface area contributed by atoms with E-state index >= 15 is 0 Å². The van der Waals surface area contributed by atoms with Crippen LogP contribution in [-0.4, -0.2) is 58.5 Å². The lowest BCUT2D eigenvalue weighted by atomic mass is 9.72. The lowest BCUT2D eigenvalue weighted by Crippen LogP contribution is -2.55. The van der Waals surface area contributed by atoms with E-state index in [1.165, 1.54) is 50.2 Å². The fraction of sp³-hybridized carbons (Fsp3) is 0.300. The van der Waals surface area contributed by atoms with E-state index in [2.05, 4.69) is 10.0 Å². The van der Waals surface area contributed by atoms with Crippen LogP contribution in [0.25, 0.3) is 0 Å². The van der Waals surface area contributed by atoms with E-state index in [1.807, 2.05) is 0 Å². The van der Waals surface area contributed by atoms with E-state index in [9.17, 15) is 28.1 Å². The molecule has 0 fully saturated rings. The molecule has 3 rings (SSSR count). The molecule has 35 heavy (non-hydrogen) atoms. The van der Waals surface area contributed by atoms with Crippen LogP contribution in [0.4, 0.5) is 0 Å². The number of carboxylic acid groups (broad SMARTS) is 1. The number of carbonyl (C=O) groups excluding carboxylic acids is 1. The quantitative estimate of drug-likeness (QED) is 0.198. The fourth-order valence-corrected chi connectivity index (χ4v) is 4.52. The van der Waals surface area contributed by atoms with Gasteiger partial charge in [0.25, 0.3) is 0 Å². The molecule has 1 unspecified atom stereocenters. The third-order valence-corrected chi connectivity index (χ3v) is 7.42. The van der Waals surface area contributed by atoms with Crippen molar-refractivity contribution in [3.05, 3.63) is 59.2 Å². The zero-order chi connectivity index (χ0) is 25.9. The van der Waals surface area contributed by atoms with Gasteiger partial charge in [0.1, 0.15) is 17.5 Å². The summed E-state index contributed by atoms with van der Waals surface area (Å²) in [5.41, 5.74) is 0.538. The molecular formula is C20H24BN2O10PS. The van der Waals surface area contributed by atoms with Crippen LogP contribution in [0.1, 0.15) is 41.4 Å². The van der Waals surface area contributed by atoms with Crippen molar-refractivity contribution in [1.82, 2.24) is 10.0 Å². The van der Waals surface area contributed by atoms with Crippen LogP contribution in [0.3, 0.4) is 0 Å². The first-order valence-electron chi connectivity index (χ1n) is 10.4. The van der Waals surface area contributed by atoms with Gasteiger partial charge >= 0.3 is 21.7 Å². The Bertz CT molecular complexity index is 1190. The molecule has 6 N–H and O–H groups in total. The Balaban J connectivity index is 1.86. The van der Waals surface area contributed by atoms with Crippen molar-refractivity contribution in [3.63, 3.8) is 0 Å². The molecule has 12 nitrogen and oxygen atoms in total. The second-order valence-electron chi connectivity index (χ2n) is 7.98. The molecule has 0 bridgehead atoms. The van der Waals surface area contributed by atoms with Gasteiger partial charge in [-0.3, -0.25) is 4.79 Å². The Morgan fingerprint density at radius 1 is 1.17 bits per heavy atom. The van der Waals surface area contributed by atoms with Crippen molar-refractivity contribution in [3.8, 4) is 11.5 Å². The SMILES string of the molecule is CC(C)S(=O)(=O)NC(C(=O)N[C@H]1Cc2cccc(C(=O)O)c2OB1O)c1ccc(OP(O)O)cc1. The number of carbonyl (C=O) groups is 2. The molecule has 1 aliphatic heterocycles. The Morgan fingerprint density at radius 2 is 1.83 bits per heavy atom. The van der Waals surface area contributed by atoms with Crippen LogP contribution in [0.5, 0.6) is 11.5 Å². The van der Waals surface area contributed by atoms with Crippen molar-refractivity contribution in [2.45, 2.75) is 37.5 Å². The average molecular weight is 526 g/mol. The number of rotatable bonds is 9. The van der Waals surface area contributed by atoms with Gasteiger partial charge in [-0.15, -0.1) is 0 Å². The smallest absolute Gasteiger partial charge is 0.534 e. The van der Waals surface area contributed by atoms with Gasteiger partial charge in [-0.1, -0.05) is 24.3 Å². The minimum atomic E-state index is -3.92. The van der Waals surface area contributed by atoms with Gasteiger partial charge in [-0.05, 0) is 49.6 Å². The maximum atomic E-state index is 13.2. The molecule has 15 heteroatoms. The molecule has 2 aromatic rings. The van der Waals surface area contributed by atoms with Crippen LogP contribution in [0.15, 0.2) is 42.5 Å². The molecule has 0 saturated heterocycles. The van der Waals surface area contributed by atoms with Crippen LogP contribution >= 0.6 is 8.60 Å². The topological polar surface area (TPSA) is 192 Å². The molecule has 2 atom stereocenters. The van der Waals surface area contributed by atoms with Crippen LogP contribution in [-0.2, 0) is 21.2 Å². The number of fused-ring (bicyclic) bond motifs is 1. The number of aromatic carboxylic acids is 1. The summed E-state index contributed by atoms with van der Waals surface area (Å²) in [5.74, 6) is -2.93. The number of sulfonamides is 1. The largest absolute Gasteiger partial charge is 0.547 e. The molecule has 0 saturated carbocycles. The second kappa shape index (κ2) is 10.9. The summed E-state index contributed by atoms with van der Waals surface area (Å²) in [6.07, 6.45) is 0.0380. The van der Waals surface area contributed by atoms with E-state index < -0.39 is 54.9 Å². The molecule has 188 valence electrons. The Kier molecular flexibility index (Phi) is 8.36. The van der Waals surface area contributed by atoms with E-state index in [1.54, 1.807) is 6.07 Å². The summed E-state index contributed by atoms with van der Waals surface area (Å²) < 4.78 is 37.6. The fourth-order valence-electron chi connectivity index (χ4n) is 3.37. The minimum Gasteiger partial charge on any atom is -0.534 e. The highest BCUT2D eigenvalue weighted by atomic mass is 32.2. The van der Waals surface area contributed by atoms with Gasteiger partial charge in [0.05, 0.1) is 16.8 Å². The molecule has 2 aromatic carbocycles. The summed E-state index contributed by atoms with van der Waals surface area (Å²) in [6.45, 7) is 2.88. The van der Waals surface area contributed by atoms with Crippen molar-refractivity contribution >= 4 is 37.6 Å². The number of carboxylic acids is 1. The normalized spacial score (nSPS) is 16.4. The molecule has 0 aliphatic carbocycles. The predicted molar refractivity (Wildman–Crippen MR) is 126 cm³/mol. The zero-order valence-corrected chi connectivity index (χ0v) is 20.4. The maximum Gasteiger partial charge on any atom is 0.547 e. The molecule has 0 radical (unpaired) electrons. The van der Waals surface area contributed by atoms with E-state index in [0.717, 1.165) is 0 Å². The van der Waals surface area contributed by atoms with E-state index in [-0.39, 0.29) is 29.0 Å². The lowest BCUT2D eigenvalue weighted by molar-refractivity contribution is -0.123. The highest BCUT2D eigenvalue weighted by Gasteiger charge is 2.39. The number of nitrogens with one attached hydrogen (secondary N) is 2. The van der Waals surface area contributed by atoms with Gasteiger partial charge in [0.15, 0.2) is 0 Å². The zero-order valence-electron chi connectivity index (χ0n) is 18.7. The third-order valence-electron chi connectivity index (χ3n) is 5.24. The van der Waals surface area contributed by atoms with Gasteiger partial charge in [0, 0.05) is 0 Å². The van der Waals surface area contributed by atoms with Gasteiger partial charge < -0.3 is 34.4 Å². The van der Waals surface area contributed by atoms with Crippen molar-refractivity contribution < 1.29 is 47.1 Å². The van der Waals surface area contributed by atoms with Gasteiger partial charge in [-0.25, -0.2) is 13.2 Å². The third kappa shape index (κ3) is 6.48. The average Bonchev–Trinajstić information content (AvgIpc) is 2.77. The van der Waals surface area contributed by atoms with E-state index in [4.69, 9.17) is 19.0 Å². The Labute approximate surface area is 203 Å². The molecule has 0 spiro atoms. The summed E-state index contributed by atoms with van der Waals surface area (Å²) in [4.78, 5) is 42.6. The number of benzene rings is 2.